The molecule has 3 atom stereocenters. The van der Waals surface area contributed by atoms with E-state index in [9.17, 15) is 0 Å². The maximum absolute atomic E-state index is 6.33. The number of aromatic nitrogens is 3. The van der Waals surface area contributed by atoms with Crippen LogP contribution >= 0.6 is 0 Å². The third-order valence-electron chi connectivity index (χ3n) is 4.56. The van der Waals surface area contributed by atoms with E-state index in [1.807, 2.05) is 11.7 Å². The standard InChI is InChI=1S/C16H22N4/c1-20-16(18-11-19-20)10-14-9-13(7-8-15(14)17)12-5-3-2-4-6-12/h2-6,11,13-15H,7-10,17H2,1H3. The predicted octanol–water partition coefficient (Wildman–Crippen LogP) is 2.27. The molecule has 1 aromatic carbocycles. The summed E-state index contributed by atoms with van der Waals surface area (Å²) in [6.45, 7) is 0. The highest BCUT2D eigenvalue weighted by Crippen LogP contribution is 2.36. The summed E-state index contributed by atoms with van der Waals surface area (Å²) in [4.78, 5) is 4.34. The molecule has 0 aliphatic heterocycles. The maximum Gasteiger partial charge on any atom is 0.138 e. The third-order valence-corrected chi connectivity index (χ3v) is 4.56. The van der Waals surface area contributed by atoms with E-state index in [1.165, 1.54) is 12.0 Å². The van der Waals surface area contributed by atoms with E-state index in [4.69, 9.17) is 5.73 Å². The van der Waals surface area contributed by atoms with Gasteiger partial charge in [-0.2, -0.15) is 5.10 Å². The SMILES string of the molecule is Cn1ncnc1CC1CC(c2ccccc2)CCC1N. The number of benzene rings is 1. The second-order valence-corrected chi connectivity index (χ2v) is 5.85. The van der Waals surface area contributed by atoms with Gasteiger partial charge in [-0.25, -0.2) is 4.98 Å². The van der Waals surface area contributed by atoms with E-state index in [-0.39, 0.29) is 6.04 Å². The Balaban J connectivity index is 1.72. The molecule has 1 heterocycles. The third kappa shape index (κ3) is 2.75. The van der Waals surface area contributed by atoms with Crippen molar-refractivity contribution < 1.29 is 0 Å². The summed E-state index contributed by atoms with van der Waals surface area (Å²) in [6.07, 6.45) is 6.00. The second-order valence-electron chi connectivity index (χ2n) is 5.85. The molecule has 0 spiro atoms. The molecule has 1 aromatic heterocycles. The molecule has 0 saturated heterocycles. The van der Waals surface area contributed by atoms with Crippen molar-refractivity contribution in [2.24, 2.45) is 18.7 Å². The fourth-order valence-electron chi connectivity index (χ4n) is 3.29. The van der Waals surface area contributed by atoms with Crippen molar-refractivity contribution in [2.75, 3.05) is 0 Å². The summed E-state index contributed by atoms with van der Waals surface area (Å²) in [5.74, 6) is 2.17. The molecule has 0 bridgehead atoms. The number of nitrogens with zero attached hydrogens (tertiary/aromatic N) is 3. The number of aryl methyl sites for hydroxylation is 1. The van der Waals surface area contributed by atoms with Crippen molar-refractivity contribution >= 4 is 0 Å². The van der Waals surface area contributed by atoms with Gasteiger partial charge in [0.1, 0.15) is 12.2 Å². The Kier molecular flexibility index (Phi) is 3.83. The molecule has 1 fully saturated rings. The van der Waals surface area contributed by atoms with Crippen molar-refractivity contribution in [1.29, 1.82) is 0 Å². The fraction of sp³-hybridized carbons (Fsp3) is 0.500. The Bertz CT molecular complexity index is 549. The normalized spacial score (nSPS) is 26.6. The zero-order valence-electron chi connectivity index (χ0n) is 11.9. The summed E-state index contributed by atoms with van der Waals surface area (Å²) in [5.41, 5.74) is 7.78. The zero-order valence-corrected chi connectivity index (χ0v) is 11.9. The highest BCUT2D eigenvalue weighted by atomic mass is 15.3. The molecule has 2 N–H and O–H groups in total. The first kappa shape index (κ1) is 13.3. The lowest BCUT2D eigenvalue weighted by Gasteiger charge is -2.34. The molecule has 4 nitrogen and oxygen atoms in total. The van der Waals surface area contributed by atoms with Crippen LogP contribution in [-0.4, -0.2) is 20.8 Å². The first-order chi connectivity index (χ1) is 9.74. The quantitative estimate of drug-likeness (QED) is 0.930. The summed E-state index contributed by atoms with van der Waals surface area (Å²) in [6, 6.07) is 11.1. The van der Waals surface area contributed by atoms with Gasteiger partial charge >= 0.3 is 0 Å². The van der Waals surface area contributed by atoms with Gasteiger partial charge in [0.25, 0.3) is 0 Å². The van der Waals surface area contributed by atoms with E-state index in [2.05, 4.69) is 40.4 Å². The van der Waals surface area contributed by atoms with E-state index in [1.54, 1.807) is 6.33 Å². The minimum absolute atomic E-state index is 0.284. The van der Waals surface area contributed by atoms with Gasteiger partial charge in [-0.1, -0.05) is 30.3 Å². The van der Waals surface area contributed by atoms with Gasteiger partial charge in [-0.3, -0.25) is 4.68 Å². The molecule has 0 amide bonds. The van der Waals surface area contributed by atoms with Gasteiger partial charge in [0, 0.05) is 19.5 Å². The minimum Gasteiger partial charge on any atom is -0.327 e. The highest BCUT2D eigenvalue weighted by molar-refractivity contribution is 5.20. The molecule has 1 saturated carbocycles. The maximum atomic E-state index is 6.33. The van der Waals surface area contributed by atoms with Gasteiger partial charge in [-0.05, 0) is 36.7 Å². The number of nitrogens with two attached hydrogens (primary N) is 1. The summed E-state index contributed by atoms with van der Waals surface area (Å²) < 4.78 is 1.86. The number of hydrogen-bond donors (Lipinski definition) is 1. The van der Waals surface area contributed by atoms with E-state index >= 15 is 0 Å². The van der Waals surface area contributed by atoms with Crippen LogP contribution in [0, 0.1) is 5.92 Å². The van der Waals surface area contributed by atoms with Crippen molar-refractivity contribution in [3.8, 4) is 0 Å². The van der Waals surface area contributed by atoms with Crippen LogP contribution in [0.4, 0.5) is 0 Å². The lowest BCUT2D eigenvalue weighted by molar-refractivity contribution is 0.272. The van der Waals surface area contributed by atoms with Crippen LogP contribution in [0.25, 0.3) is 0 Å². The van der Waals surface area contributed by atoms with Gasteiger partial charge in [-0.15, -0.1) is 0 Å². The summed E-state index contributed by atoms with van der Waals surface area (Å²) in [7, 11) is 1.95. The lowest BCUT2D eigenvalue weighted by atomic mass is 9.74. The smallest absolute Gasteiger partial charge is 0.138 e. The van der Waals surface area contributed by atoms with E-state index < -0.39 is 0 Å². The monoisotopic (exact) mass is 270 g/mol. The van der Waals surface area contributed by atoms with E-state index in [0.717, 1.165) is 25.1 Å². The van der Waals surface area contributed by atoms with Crippen molar-refractivity contribution in [3.05, 3.63) is 48.0 Å². The van der Waals surface area contributed by atoms with Crippen LogP contribution < -0.4 is 5.73 Å². The van der Waals surface area contributed by atoms with Crippen LogP contribution in [-0.2, 0) is 13.5 Å². The molecule has 1 aliphatic rings. The average molecular weight is 270 g/mol. The molecule has 4 heteroatoms. The number of rotatable bonds is 3. The molecule has 2 aromatic rings. The molecule has 106 valence electrons. The van der Waals surface area contributed by atoms with Crippen LogP contribution in [0.3, 0.4) is 0 Å². The van der Waals surface area contributed by atoms with Crippen molar-refractivity contribution in [3.63, 3.8) is 0 Å². The Labute approximate surface area is 120 Å². The Hall–Kier alpha value is -1.68. The van der Waals surface area contributed by atoms with Crippen LogP contribution in [0.1, 0.15) is 36.6 Å². The molecule has 0 radical (unpaired) electrons. The number of hydrogen-bond acceptors (Lipinski definition) is 3. The highest BCUT2D eigenvalue weighted by Gasteiger charge is 2.29. The van der Waals surface area contributed by atoms with Crippen molar-refractivity contribution in [2.45, 2.75) is 37.6 Å². The fourth-order valence-corrected chi connectivity index (χ4v) is 3.29. The minimum atomic E-state index is 0.284. The molecular weight excluding hydrogens is 248 g/mol. The van der Waals surface area contributed by atoms with Crippen molar-refractivity contribution in [1.82, 2.24) is 14.8 Å². The van der Waals surface area contributed by atoms with Gasteiger partial charge < -0.3 is 5.73 Å². The topological polar surface area (TPSA) is 56.7 Å². The van der Waals surface area contributed by atoms with Crippen LogP contribution in [0.2, 0.25) is 0 Å². The Morgan fingerprint density at radius 3 is 2.75 bits per heavy atom. The Morgan fingerprint density at radius 2 is 2.05 bits per heavy atom. The predicted molar refractivity (Wildman–Crippen MR) is 79.2 cm³/mol. The first-order valence-electron chi connectivity index (χ1n) is 7.37. The average Bonchev–Trinajstić information content (AvgIpc) is 2.88. The van der Waals surface area contributed by atoms with Gasteiger partial charge in [0.15, 0.2) is 0 Å². The summed E-state index contributed by atoms with van der Waals surface area (Å²) >= 11 is 0. The molecule has 20 heavy (non-hydrogen) atoms. The molecule has 3 rings (SSSR count). The first-order valence-corrected chi connectivity index (χ1v) is 7.37. The second kappa shape index (κ2) is 5.75. The van der Waals surface area contributed by atoms with E-state index in [0.29, 0.717) is 11.8 Å². The zero-order chi connectivity index (χ0) is 13.9. The summed E-state index contributed by atoms with van der Waals surface area (Å²) in [5, 5.41) is 4.15. The van der Waals surface area contributed by atoms with Gasteiger partial charge in [0.05, 0.1) is 0 Å². The molecular formula is C16H22N4. The van der Waals surface area contributed by atoms with Gasteiger partial charge in [0.2, 0.25) is 0 Å². The molecule has 3 unspecified atom stereocenters. The molecule has 1 aliphatic carbocycles. The van der Waals surface area contributed by atoms with Crippen LogP contribution in [0.5, 0.6) is 0 Å². The largest absolute Gasteiger partial charge is 0.327 e. The lowest BCUT2D eigenvalue weighted by Crippen LogP contribution is -2.37. The Morgan fingerprint density at radius 1 is 1.25 bits per heavy atom. The van der Waals surface area contributed by atoms with Crippen LogP contribution in [0.15, 0.2) is 36.7 Å².